The standard InChI is InChI=1S/C24H27N3O2/c1-3-28-23(29-4-2)16-26-22-15-19-9-5-6-13-21(19)27(22)17-20-11-7-10-18-12-8-14-25-24(18)20/h5-15,23,26H,3-4,16-17H2,1-2H3. The van der Waals surface area contributed by atoms with Gasteiger partial charge in [0.15, 0.2) is 6.29 Å². The summed E-state index contributed by atoms with van der Waals surface area (Å²) in [6, 6.07) is 21.1. The Morgan fingerprint density at radius 1 is 0.931 bits per heavy atom. The van der Waals surface area contributed by atoms with Crippen molar-refractivity contribution in [3.8, 4) is 0 Å². The van der Waals surface area contributed by atoms with Crippen molar-refractivity contribution in [2.75, 3.05) is 25.1 Å². The van der Waals surface area contributed by atoms with E-state index >= 15 is 0 Å². The first kappa shape index (κ1) is 19.4. The summed E-state index contributed by atoms with van der Waals surface area (Å²) >= 11 is 0. The molecule has 2 aromatic heterocycles. The molecular formula is C24H27N3O2. The van der Waals surface area contributed by atoms with Crippen LogP contribution in [0.15, 0.2) is 66.9 Å². The Labute approximate surface area is 171 Å². The first-order valence-corrected chi connectivity index (χ1v) is 10.2. The van der Waals surface area contributed by atoms with Crippen LogP contribution in [0.5, 0.6) is 0 Å². The van der Waals surface area contributed by atoms with Gasteiger partial charge < -0.3 is 19.4 Å². The number of para-hydroxylation sites is 2. The summed E-state index contributed by atoms with van der Waals surface area (Å²) in [6.07, 6.45) is 1.59. The molecule has 0 bridgehead atoms. The first-order chi connectivity index (χ1) is 14.3. The summed E-state index contributed by atoms with van der Waals surface area (Å²) in [6.45, 7) is 6.53. The molecule has 0 fully saturated rings. The second kappa shape index (κ2) is 9.07. The Hall–Kier alpha value is -2.89. The molecule has 0 aliphatic carbocycles. The minimum Gasteiger partial charge on any atom is -0.366 e. The number of pyridine rings is 1. The Kier molecular flexibility index (Phi) is 6.08. The predicted molar refractivity (Wildman–Crippen MR) is 118 cm³/mol. The van der Waals surface area contributed by atoms with Gasteiger partial charge in [0, 0.05) is 30.2 Å². The SMILES string of the molecule is CCOC(CNc1cc2ccccc2n1Cc1cccc2cccnc12)OCC. The van der Waals surface area contributed by atoms with Crippen molar-refractivity contribution in [2.24, 2.45) is 0 Å². The zero-order valence-corrected chi connectivity index (χ0v) is 17.0. The van der Waals surface area contributed by atoms with E-state index in [9.17, 15) is 0 Å². The van der Waals surface area contributed by atoms with Crippen LogP contribution in [-0.4, -0.2) is 35.6 Å². The number of anilines is 1. The van der Waals surface area contributed by atoms with Gasteiger partial charge in [-0.1, -0.05) is 42.5 Å². The molecule has 0 amide bonds. The third kappa shape index (κ3) is 4.26. The molecule has 2 heterocycles. The van der Waals surface area contributed by atoms with Crippen LogP contribution in [0.4, 0.5) is 5.82 Å². The maximum absolute atomic E-state index is 5.69. The maximum atomic E-state index is 5.69. The second-order valence-electron chi connectivity index (χ2n) is 6.89. The minimum atomic E-state index is -0.268. The molecule has 0 saturated carbocycles. The molecule has 0 radical (unpaired) electrons. The summed E-state index contributed by atoms with van der Waals surface area (Å²) < 4.78 is 13.7. The van der Waals surface area contributed by atoms with E-state index in [-0.39, 0.29) is 6.29 Å². The number of hydrogen-bond acceptors (Lipinski definition) is 4. The topological polar surface area (TPSA) is 48.3 Å². The van der Waals surface area contributed by atoms with Crippen molar-refractivity contribution in [3.05, 3.63) is 72.4 Å². The van der Waals surface area contributed by atoms with Crippen LogP contribution in [0.1, 0.15) is 19.4 Å². The summed E-state index contributed by atoms with van der Waals surface area (Å²) in [4.78, 5) is 4.62. The number of hydrogen-bond donors (Lipinski definition) is 1. The molecule has 0 unspecified atom stereocenters. The van der Waals surface area contributed by atoms with Gasteiger partial charge in [-0.2, -0.15) is 0 Å². The van der Waals surface area contributed by atoms with Crippen LogP contribution in [0.25, 0.3) is 21.8 Å². The zero-order valence-electron chi connectivity index (χ0n) is 17.0. The summed E-state index contributed by atoms with van der Waals surface area (Å²) in [5.74, 6) is 1.04. The summed E-state index contributed by atoms with van der Waals surface area (Å²) in [5.41, 5.74) is 3.42. The lowest BCUT2D eigenvalue weighted by molar-refractivity contribution is -0.126. The smallest absolute Gasteiger partial charge is 0.174 e. The highest BCUT2D eigenvalue weighted by Crippen LogP contribution is 2.27. The van der Waals surface area contributed by atoms with E-state index in [4.69, 9.17) is 9.47 Å². The highest BCUT2D eigenvalue weighted by Gasteiger charge is 2.13. The minimum absolute atomic E-state index is 0.268. The van der Waals surface area contributed by atoms with Crippen LogP contribution in [0.2, 0.25) is 0 Å². The van der Waals surface area contributed by atoms with Gasteiger partial charge in [0.1, 0.15) is 5.82 Å². The lowest BCUT2D eigenvalue weighted by Crippen LogP contribution is -2.27. The monoisotopic (exact) mass is 389 g/mol. The Morgan fingerprint density at radius 3 is 2.52 bits per heavy atom. The lowest BCUT2D eigenvalue weighted by atomic mass is 10.1. The van der Waals surface area contributed by atoms with E-state index in [1.807, 2.05) is 26.1 Å². The van der Waals surface area contributed by atoms with Gasteiger partial charge in [0.25, 0.3) is 0 Å². The van der Waals surface area contributed by atoms with E-state index < -0.39 is 0 Å². The summed E-state index contributed by atoms with van der Waals surface area (Å²) in [5, 5.41) is 5.89. The van der Waals surface area contributed by atoms with E-state index in [1.54, 1.807) is 0 Å². The van der Waals surface area contributed by atoms with Crippen molar-refractivity contribution in [3.63, 3.8) is 0 Å². The van der Waals surface area contributed by atoms with Gasteiger partial charge >= 0.3 is 0 Å². The van der Waals surface area contributed by atoms with Crippen molar-refractivity contribution in [2.45, 2.75) is 26.7 Å². The molecule has 0 aliphatic rings. The van der Waals surface area contributed by atoms with Crippen molar-refractivity contribution in [1.29, 1.82) is 0 Å². The van der Waals surface area contributed by atoms with E-state index in [0.29, 0.717) is 19.8 Å². The third-order valence-electron chi connectivity index (χ3n) is 5.01. The quantitative estimate of drug-likeness (QED) is 0.407. The Balaban J connectivity index is 1.68. The van der Waals surface area contributed by atoms with Crippen molar-refractivity contribution in [1.82, 2.24) is 9.55 Å². The molecule has 0 aliphatic heterocycles. The number of aromatic nitrogens is 2. The van der Waals surface area contributed by atoms with Crippen molar-refractivity contribution < 1.29 is 9.47 Å². The van der Waals surface area contributed by atoms with Crippen LogP contribution >= 0.6 is 0 Å². The molecule has 0 atom stereocenters. The van der Waals surface area contributed by atoms with Gasteiger partial charge in [0.2, 0.25) is 0 Å². The number of benzene rings is 2. The molecule has 4 rings (SSSR count). The van der Waals surface area contributed by atoms with Gasteiger partial charge in [-0.15, -0.1) is 0 Å². The summed E-state index contributed by atoms with van der Waals surface area (Å²) in [7, 11) is 0. The highest BCUT2D eigenvalue weighted by atomic mass is 16.7. The zero-order chi connectivity index (χ0) is 20.1. The predicted octanol–water partition coefficient (Wildman–Crippen LogP) is 5.05. The average Bonchev–Trinajstić information content (AvgIpc) is 3.10. The highest BCUT2D eigenvalue weighted by molar-refractivity contribution is 5.86. The first-order valence-electron chi connectivity index (χ1n) is 10.2. The number of ether oxygens (including phenoxy) is 2. The van der Waals surface area contributed by atoms with Crippen LogP contribution in [0.3, 0.4) is 0 Å². The van der Waals surface area contributed by atoms with E-state index in [1.165, 1.54) is 16.5 Å². The fourth-order valence-corrected chi connectivity index (χ4v) is 3.72. The fraction of sp³-hybridized carbons (Fsp3) is 0.292. The second-order valence-corrected chi connectivity index (χ2v) is 6.89. The molecule has 4 aromatic rings. The molecule has 2 aromatic carbocycles. The largest absolute Gasteiger partial charge is 0.366 e. The Morgan fingerprint density at radius 2 is 1.69 bits per heavy atom. The van der Waals surface area contributed by atoms with Gasteiger partial charge in [0.05, 0.1) is 24.1 Å². The maximum Gasteiger partial charge on any atom is 0.174 e. The van der Waals surface area contributed by atoms with E-state index in [2.05, 4.69) is 69.5 Å². The van der Waals surface area contributed by atoms with Crippen LogP contribution < -0.4 is 5.32 Å². The van der Waals surface area contributed by atoms with Gasteiger partial charge in [-0.05, 0) is 37.6 Å². The number of rotatable bonds is 9. The van der Waals surface area contributed by atoms with Crippen LogP contribution in [0, 0.1) is 0 Å². The lowest BCUT2D eigenvalue weighted by Gasteiger charge is -2.19. The van der Waals surface area contributed by atoms with Gasteiger partial charge in [-0.3, -0.25) is 4.98 Å². The molecule has 5 nitrogen and oxygen atoms in total. The number of nitrogens with one attached hydrogen (secondary N) is 1. The fourth-order valence-electron chi connectivity index (χ4n) is 3.72. The molecule has 29 heavy (non-hydrogen) atoms. The van der Waals surface area contributed by atoms with Gasteiger partial charge in [-0.25, -0.2) is 0 Å². The molecule has 0 saturated heterocycles. The van der Waals surface area contributed by atoms with Crippen molar-refractivity contribution >= 4 is 27.6 Å². The average molecular weight is 389 g/mol. The molecular weight excluding hydrogens is 362 g/mol. The number of fused-ring (bicyclic) bond motifs is 2. The molecule has 1 N–H and O–H groups in total. The Bertz CT molecular complexity index is 1080. The molecule has 5 heteroatoms. The van der Waals surface area contributed by atoms with Crippen LogP contribution in [-0.2, 0) is 16.0 Å². The van der Waals surface area contributed by atoms with E-state index in [0.717, 1.165) is 23.3 Å². The molecule has 0 spiro atoms. The third-order valence-corrected chi connectivity index (χ3v) is 5.01. The number of nitrogens with zero attached hydrogens (tertiary/aromatic N) is 2. The molecule has 150 valence electrons. The normalized spacial score (nSPS) is 11.6.